The minimum Gasteiger partial charge on any atom is -0.374 e. The number of ketones is 1. The lowest BCUT2D eigenvalue weighted by Crippen LogP contribution is -2.41. The predicted molar refractivity (Wildman–Crippen MR) is 79.5 cm³/mol. The Kier molecular flexibility index (Phi) is 4.33. The lowest BCUT2D eigenvalue weighted by atomic mass is 9.82. The van der Waals surface area contributed by atoms with E-state index in [2.05, 4.69) is 0 Å². The molecule has 3 fully saturated rings. The molecule has 2 saturated heterocycles. The fourth-order valence-electron chi connectivity index (χ4n) is 3.60. The molecule has 2 nitrogen and oxygen atoms in total. The monoisotopic (exact) mass is 280 g/mol. The summed E-state index contributed by atoms with van der Waals surface area (Å²) in [5.74, 6) is 2.90. The largest absolute Gasteiger partial charge is 0.374 e. The molecule has 0 radical (unpaired) electrons. The molecule has 3 heteroatoms. The summed E-state index contributed by atoms with van der Waals surface area (Å²) in [4.78, 5) is 12.5. The highest BCUT2D eigenvalue weighted by Crippen LogP contribution is 2.40. The van der Waals surface area contributed by atoms with Gasteiger partial charge in [-0.05, 0) is 56.8 Å². The average molecular weight is 280 g/mol. The molecule has 19 heavy (non-hydrogen) atoms. The van der Waals surface area contributed by atoms with Gasteiger partial charge < -0.3 is 4.74 Å². The lowest BCUT2D eigenvalue weighted by Gasteiger charge is -2.36. The number of thioether (sulfide) groups is 1. The second-order valence-corrected chi connectivity index (χ2v) is 7.39. The molecule has 0 aromatic heterocycles. The van der Waals surface area contributed by atoms with E-state index in [4.69, 9.17) is 4.74 Å². The van der Waals surface area contributed by atoms with Crippen LogP contribution in [0.5, 0.6) is 0 Å². The van der Waals surface area contributed by atoms with Gasteiger partial charge in [0, 0.05) is 18.3 Å². The fourth-order valence-corrected chi connectivity index (χ4v) is 4.98. The number of hydrogen-bond donors (Lipinski definition) is 0. The Balaban J connectivity index is 1.62. The third kappa shape index (κ3) is 3.25. The van der Waals surface area contributed by atoms with Crippen LogP contribution in [-0.4, -0.2) is 29.5 Å². The Morgan fingerprint density at radius 3 is 2.89 bits per heavy atom. The molecule has 3 rings (SSSR count). The summed E-state index contributed by atoms with van der Waals surface area (Å²) in [6, 6.07) is 0. The van der Waals surface area contributed by atoms with Crippen LogP contribution in [0.1, 0.15) is 51.4 Å². The summed E-state index contributed by atoms with van der Waals surface area (Å²) in [6.45, 7) is 0.778. The van der Waals surface area contributed by atoms with E-state index in [-0.39, 0.29) is 11.5 Å². The van der Waals surface area contributed by atoms with Crippen LogP contribution in [0, 0.1) is 5.92 Å². The smallest absolute Gasteiger partial charge is 0.158 e. The highest BCUT2D eigenvalue weighted by Gasteiger charge is 2.41. The average Bonchev–Trinajstić information content (AvgIpc) is 2.88. The standard InChI is InChI=1S/C16H24O2S/c17-15(10-13-4-2-1-3-5-13)14-6-8-18-16(11-14)7-9-19-12-16/h10,14H,1-9,11-12H2. The molecule has 2 heterocycles. The third-order valence-corrected chi connectivity index (χ3v) is 6.03. The van der Waals surface area contributed by atoms with Gasteiger partial charge in [-0.25, -0.2) is 0 Å². The van der Waals surface area contributed by atoms with Crippen LogP contribution in [-0.2, 0) is 9.53 Å². The molecule has 1 saturated carbocycles. The van der Waals surface area contributed by atoms with Gasteiger partial charge in [0.1, 0.15) is 0 Å². The first kappa shape index (κ1) is 13.7. The number of carbonyl (C=O) groups excluding carboxylic acids is 1. The zero-order valence-electron chi connectivity index (χ0n) is 11.7. The van der Waals surface area contributed by atoms with Gasteiger partial charge in [-0.2, -0.15) is 11.8 Å². The van der Waals surface area contributed by atoms with Gasteiger partial charge in [-0.3, -0.25) is 4.79 Å². The van der Waals surface area contributed by atoms with Gasteiger partial charge in [-0.1, -0.05) is 12.0 Å². The number of rotatable bonds is 2. The lowest BCUT2D eigenvalue weighted by molar-refractivity contribution is -0.129. The molecular weight excluding hydrogens is 256 g/mol. The van der Waals surface area contributed by atoms with Crippen molar-refractivity contribution < 1.29 is 9.53 Å². The predicted octanol–water partition coefficient (Wildman–Crippen LogP) is 3.75. The Labute approximate surface area is 120 Å². The summed E-state index contributed by atoms with van der Waals surface area (Å²) in [5.41, 5.74) is 1.44. The van der Waals surface area contributed by atoms with Crippen LogP contribution < -0.4 is 0 Å². The van der Waals surface area contributed by atoms with E-state index in [0.717, 1.165) is 44.5 Å². The minimum atomic E-state index is 0.0360. The van der Waals surface area contributed by atoms with Gasteiger partial charge in [0.15, 0.2) is 5.78 Å². The van der Waals surface area contributed by atoms with E-state index in [1.54, 1.807) is 0 Å². The SMILES string of the molecule is O=C(C=C1CCCCC1)C1CCOC2(CCSC2)C1. The molecule has 0 bridgehead atoms. The number of ether oxygens (including phenoxy) is 1. The Hall–Kier alpha value is -0.280. The second kappa shape index (κ2) is 6.01. The summed E-state index contributed by atoms with van der Waals surface area (Å²) >= 11 is 1.98. The molecule has 1 aliphatic carbocycles. The zero-order chi connectivity index (χ0) is 13.1. The molecule has 2 atom stereocenters. The maximum Gasteiger partial charge on any atom is 0.158 e. The molecule has 3 aliphatic rings. The van der Waals surface area contributed by atoms with Crippen LogP contribution in [0.3, 0.4) is 0 Å². The highest BCUT2D eigenvalue weighted by molar-refractivity contribution is 7.99. The molecule has 0 amide bonds. The molecule has 1 spiro atoms. The van der Waals surface area contributed by atoms with Crippen LogP contribution in [0.25, 0.3) is 0 Å². The van der Waals surface area contributed by atoms with Gasteiger partial charge in [0.25, 0.3) is 0 Å². The van der Waals surface area contributed by atoms with Gasteiger partial charge in [0.05, 0.1) is 5.60 Å². The van der Waals surface area contributed by atoms with Crippen molar-refractivity contribution in [3.8, 4) is 0 Å². The molecule has 106 valence electrons. The van der Waals surface area contributed by atoms with Crippen molar-refractivity contribution in [1.29, 1.82) is 0 Å². The minimum absolute atomic E-state index is 0.0360. The van der Waals surface area contributed by atoms with Crippen LogP contribution in [0.4, 0.5) is 0 Å². The number of allylic oxidation sites excluding steroid dienone is 2. The van der Waals surface area contributed by atoms with Crippen LogP contribution >= 0.6 is 11.8 Å². The Bertz CT molecular complexity index is 361. The number of hydrogen-bond acceptors (Lipinski definition) is 3. The Morgan fingerprint density at radius 1 is 1.32 bits per heavy atom. The van der Waals surface area contributed by atoms with Crippen molar-refractivity contribution in [3.05, 3.63) is 11.6 Å². The van der Waals surface area contributed by atoms with Crippen molar-refractivity contribution in [3.63, 3.8) is 0 Å². The van der Waals surface area contributed by atoms with Crippen molar-refractivity contribution >= 4 is 17.5 Å². The molecule has 0 aromatic rings. The van der Waals surface area contributed by atoms with Gasteiger partial charge >= 0.3 is 0 Å². The topological polar surface area (TPSA) is 26.3 Å². The van der Waals surface area contributed by atoms with Crippen LogP contribution in [0.15, 0.2) is 11.6 Å². The summed E-state index contributed by atoms with van der Waals surface area (Å²) in [5, 5.41) is 0. The quantitative estimate of drug-likeness (QED) is 0.721. The fraction of sp³-hybridized carbons (Fsp3) is 0.812. The maximum atomic E-state index is 12.5. The molecule has 2 unspecified atom stereocenters. The van der Waals surface area contributed by atoms with E-state index in [0.29, 0.717) is 5.78 Å². The van der Waals surface area contributed by atoms with Crippen LogP contribution in [0.2, 0.25) is 0 Å². The van der Waals surface area contributed by atoms with Crippen molar-refractivity contribution in [2.24, 2.45) is 5.92 Å². The van der Waals surface area contributed by atoms with Gasteiger partial charge in [-0.15, -0.1) is 0 Å². The first-order valence-electron chi connectivity index (χ1n) is 7.72. The summed E-state index contributed by atoms with van der Waals surface area (Å²) in [6.07, 6.45) is 11.2. The second-order valence-electron chi connectivity index (χ2n) is 6.29. The first-order chi connectivity index (χ1) is 9.27. The highest BCUT2D eigenvalue weighted by atomic mass is 32.2. The zero-order valence-corrected chi connectivity index (χ0v) is 12.5. The van der Waals surface area contributed by atoms with Gasteiger partial charge in [0.2, 0.25) is 0 Å². The van der Waals surface area contributed by atoms with Crippen molar-refractivity contribution in [2.75, 3.05) is 18.1 Å². The van der Waals surface area contributed by atoms with Crippen molar-refractivity contribution in [2.45, 2.75) is 57.0 Å². The maximum absolute atomic E-state index is 12.5. The Morgan fingerprint density at radius 2 is 2.16 bits per heavy atom. The summed E-state index contributed by atoms with van der Waals surface area (Å²) < 4.78 is 6.00. The molecule has 0 N–H and O–H groups in total. The third-order valence-electron chi connectivity index (χ3n) is 4.80. The van der Waals surface area contributed by atoms with Crippen molar-refractivity contribution in [1.82, 2.24) is 0 Å². The molecule has 2 aliphatic heterocycles. The first-order valence-corrected chi connectivity index (χ1v) is 8.88. The molecular formula is C16H24O2S. The normalized spacial score (nSPS) is 35.6. The van der Waals surface area contributed by atoms with E-state index in [9.17, 15) is 4.79 Å². The van der Waals surface area contributed by atoms with E-state index in [1.807, 2.05) is 17.8 Å². The van der Waals surface area contributed by atoms with E-state index >= 15 is 0 Å². The summed E-state index contributed by atoms with van der Waals surface area (Å²) in [7, 11) is 0. The number of carbonyl (C=O) groups is 1. The van der Waals surface area contributed by atoms with E-state index < -0.39 is 0 Å². The van der Waals surface area contributed by atoms with E-state index in [1.165, 1.54) is 30.6 Å². The molecule has 0 aromatic carbocycles.